The maximum atomic E-state index is 14.7. The molecule has 7 fully saturated rings. The first-order valence-corrected chi connectivity index (χ1v) is 43.2. The molecule has 0 aromatic rings. The number of methoxy groups -OCH3 is 2. The molecule has 7 heterocycles. The molecule has 0 aliphatic carbocycles. The normalized spacial score (nSPS) is 46.7. The SMILES string of the molecule is CC[C@@H]1OC(=O)[C@H](C)[C@@H](OC2C[C@@](C)(OC)[C@@H](O)[C@H](C)O2)[C@H](C)[C@@H](OC2O[C@H](C)C[C@H](N(C)C)[C@H]2O)[C@](C)(O)C[C@@H](C)/C(=N\OC/C=C/CN2CCN(C/C=C/CO/N=C3\[C@@H](C)C[C@](C)(O)[C@@H](OC4O[C@@H](C)C[C@@H](N(C)C)[C@@H]4O)[C@@H](C)[C@H](OC4C[C@](C)(OC)[C@H](O)[C@@H](C)O4)[C@@H](C)C(=O)O[C@H](CC)[C@](C)(O)[C@@H](O)[C@H]3C)CC2)[C@@H](C)[C@@H](O)[C@]1(C)O. The molecule has 7 saturated heterocycles. The summed E-state index contributed by atoms with van der Waals surface area (Å²) in [5.74, 6) is -8.78. The number of piperazine rings is 1. The molecule has 0 saturated carbocycles. The Labute approximate surface area is 702 Å². The number of carbonyl (C=O) groups excluding carboxylic acids is 2. The highest BCUT2D eigenvalue weighted by Gasteiger charge is 2.57. The van der Waals surface area contributed by atoms with Crippen LogP contribution >= 0.6 is 0 Å². The zero-order valence-corrected chi connectivity index (χ0v) is 75.6. The molecule has 32 heteroatoms. The number of esters is 2. The van der Waals surface area contributed by atoms with Crippen LogP contribution in [0.2, 0.25) is 0 Å². The van der Waals surface area contributed by atoms with E-state index in [0.29, 0.717) is 37.4 Å². The van der Waals surface area contributed by atoms with E-state index in [1.807, 2.05) is 90.0 Å². The Morgan fingerprint density at radius 2 is 0.797 bits per heavy atom. The van der Waals surface area contributed by atoms with E-state index in [2.05, 4.69) is 20.1 Å². The first kappa shape index (κ1) is 101. The van der Waals surface area contributed by atoms with Gasteiger partial charge < -0.3 is 127 Å². The van der Waals surface area contributed by atoms with Crippen molar-refractivity contribution in [1.82, 2.24) is 19.6 Å². The van der Waals surface area contributed by atoms with Gasteiger partial charge in [-0.1, -0.05) is 77.9 Å². The lowest BCUT2D eigenvalue weighted by molar-refractivity contribution is -0.318. The third kappa shape index (κ3) is 24.5. The molecule has 7 rings (SSSR count). The van der Waals surface area contributed by atoms with Crippen LogP contribution in [-0.4, -0.2) is 357 Å². The lowest BCUT2D eigenvalue weighted by atomic mass is 9.73. The van der Waals surface area contributed by atoms with Gasteiger partial charge in [-0.3, -0.25) is 19.4 Å². The second-order valence-corrected chi connectivity index (χ2v) is 37.3. The van der Waals surface area contributed by atoms with Gasteiger partial charge in [-0.25, -0.2) is 0 Å². The molecule has 0 amide bonds. The van der Waals surface area contributed by atoms with Crippen molar-refractivity contribution in [2.24, 2.45) is 57.7 Å². The molecular weight excluding hydrogens is 1530 g/mol. The van der Waals surface area contributed by atoms with Crippen LogP contribution in [0.3, 0.4) is 0 Å². The monoisotopic (exact) mass is 1690 g/mol. The van der Waals surface area contributed by atoms with E-state index < -0.39 is 204 Å². The summed E-state index contributed by atoms with van der Waals surface area (Å²) in [6.07, 6.45) is -12.7. The van der Waals surface area contributed by atoms with Gasteiger partial charge in [0.05, 0.1) is 107 Å². The van der Waals surface area contributed by atoms with E-state index in [-0.39, 0.29) is 76.0 Å². The molecule has 32 nitrogen and oxygen atoms in total. The second-order valence-electron chi connectivity index (χ2n) is 37.3. The second kappa shape index (κ2) is 43.1. The molecule has 7 aliphatic heterocycles. The van der Waals surface area contributed by atoms with Crippen molar-refractivity contribution in [2.75, 3.05) is 94.9 Å². The van der Waals surface area contributed by atoms with Gasteiger partial charge in [0, 0.05) is 114 Å². The molecular formula is C86H154N6O26. The minimum atomic E-state index is -2.04. The summed E-state index contributed by atoms with van der Waals surface area (Å²) < 4.78 is 76.7. The number of cyclic esters (lactones) is 2. The van der Waals surface area contributed by atoms with Crippen molar-refractivity contribution in [3.8, 4) is 0 Å². The minimum absolute atomic E-state index is 0.0304. The Kier molecular flexibility index (Phi) is 37.0. The van der Waals surface area contributed by atoms with Gasteiger partial charge in [0.1, 0.15) is 61.0 Å². The largest absolute Gasteiger partial charge is 0.459 e. The fraction of sp³-hybridized carbons (Fsp3) is 0.907. The Morgan fingerprint density at radius 1 is 0.466 bits per heavy atom. The maximum Gasteiger partial charge on any atom is 0.311 e. The van der Waals surface area contributed by atoms with Crippen molar-refractivity contribution in [3.05, 3.63) is 24.3 Å². The Balaban J connectivity index is 1.05. The van der Waals surface area contributed by atoms with Crippen molar-refractivity contribution in [1.29, 1.82) is 0 Å². The molecule has 0 spiro atoms. The number of aliphatic hydroxyl groups excluding tert-OH is 6. The number of hydrogen-bond acceptors (Lipinski definition) is 32. The minimum Gasteiger partial charge on any atom is -0.459 e. The summed E-state index contributed by atoms with van der Waals surface area (Å²) in [4.78, 5) is 50.0. The van der Waals surface area contributed by atoms with E-state index in [9.17, 15) is 60.7 Å². The summed E-state index contributed by atoms with van der Waals surface area (Å²) in [5.41, 5.74) is -9.36. The van der Waals surface area contributed by atoms with Crippen LogP contribution in [0.15, 0.2) is 34.6 Å². The molecule has 0 radical (unpaired) electrons. The van der Waals surface area contributed by atoms with Crippen molar-refractivity contribution < 1.29 is 127 Å². The number of hydrogen-bond donors (Lipinski definition) is 10. The zero-order valence-electron chi connectivity index (χ0n) is 75.6. The molecule has 684 valence electrons. The lowest BCUT2D eigenvalue weighted by Gasteiger charge is -2.49. The fourth-order valence-electron chi connectivity index (χ4n) is 19.2. The van der Waals surface area contributed by atoms with Crippen LogP contribution in [0.1, 0.15) is 190 Å². The Hall–Kier alpha value is -3.60. The van der Waals surface area contributed by atoms with Crippen LogP contribution in [0.4, 0.5) is 0 Å². The summed E-state index contributed by atoms with van der Waals surface area (Å²) in [6, 6.07) is -0.755. The molecule has 10 N–H and O–H groups in total. The average Bonchev–Trinajstić information content (AvgIpc) is 0.776. The molecule has 4 unspecified atom stereocenters. The highest BCUT2D eigenvalue weighted by atomic mass is 16.7. The van der Waals surface area contributed by atoms with E-state index >= 15 is 0 Å². The summed E-state index contributed by atoms with van der Waals surface area (Å²) in [7, 11) is 10.4. The van der Waals surface area contributed by atoms with E-state index in [1.165, 1.54) is 28.1 Å². The summed E-state index contributed by atoms with van der Waals surface area (Å²) >= 11 is 0. The summed E-state index contributed by atoms with van der Waals surface area (Å²) in [5, 5.41) is 131. The van der Waals surface area contributed by atoms with Gasteiger partial charge in [-0.15, -0.1) is 0 Å². The number of likely N-dealkylation sites (N-methyl/N-ethyl adjacent to an activating group) is 2. The quantitative estimate of drug-likeness (QED) is 0.0265. The summed E-state index contributed by atoms with van der Waals surface area (Å²) in [6.45, 7) is 38.3. The number of ether oxygens (including phenoxy) is 12. The highest BCUT2D eigenvalue weighted by molar-refractivity contribution is 5.89. The third-order valence-electron chi connectivity index (χ3n) is 26.9. The topological polar surface area (TPSA) is 403 Å². The fourth-order valence-corrected chi connectivity index (χ4v) is 19.2. The number of rotatable bonds is 24. The van der Waals surface area contributed by atoms with Crippen molar-refractivity contribution in [2.45, 2.75) is 358 Å². The Bertz CT molecular complexity index is 3030. The average molecular weight is 1690 g/mol. The van der Waals surface area contributed by atoms with Gasteiger partial charge in [-0.2, -0.15) is 0 Å². The zero-order chi connectivity index (χ0) is 88.4. The first-order valence-electron chi connectivity index (χ1n) is 43.2. The van der Waals surface area contributed by atoms with Gasteiger partial charge in [0.15, 0.2) is 25.2 Å². The molecule has 0 bridgehead atoms. The van der Waals surface area contributed by atoms with Crippen LogP contribution in [0.25, 0.3) is 0 Å². The molecule has 118 heavy (non-hydrogen) atoms. The predicted molar refractivity (Wildman–Crippen MR) is 440 cm³/mol. The van der Waals surface area contributed by atoms with Gasteiger partial charge in [0.25, 0.3) is 0 Å². The van der Waals surface area contributed by atoms with Crippen molar-refractivity contribution >= 4 is 23.4 Å². The number of carbonyl (C=O) groups is 2. The predicted octanol–water partition coefficient (Wildman–Crippen LogP) is 4.92. The number of nitrogens with zero attached hydrogens (tertiary/aromatic N) is 6. The lowest BCUT2D eigenvalue weighted by Crippen LogP contribution is -2.61. The molecule has 36 atom stereocenters. The van der Waals surface area contributed by atoms with Crippen LogP contribution in [0.5, 0.6) is 0 Å². The van der Waals surface area contributed by atoms with Crippen molar-refractivity contribution in [3.63, 3.8) is 0 Å². The van der Waals surface area contributed by atoms with E-state index in [4.69, 9.17) is 66.5 Å². The Morgan fingerprint density at radius 3 is 1.10 bits per heavy atom. The van der Waals surface area contributed by atoms with Gasteiger partial charge >= 0.3 is 11.9 Å². The number of oxime groups is 2. The smallest absolute Gasteiger partial charge is 0.311 e. The first-order chi connectivity index (χ1) is 55.0. The highest BCUT2D eigenvalue weighted by Crippen LogP contribution is 2.45. The molecule has 0 aromatic carbocycles. The molecule has 0 aromatic heterocycles. The van der Waals surface area contributed by atoms with E-state index in [0.717, 1.165) is 26.2 Å². The standard InChI is InChI=1S/C86H154N6O26/c1-27-61-85(19,103)71(95)51(7)65(47(3)43-81(15,101)75(117-79-67(93)59(89(21)22)41-49(5)109-79)53(9)69(55(11)77(99)113-61)115-63-45-83(17,105-25)73(97)57(13)111-63)87-107-39-31-29-33-91-35-37-92(38-36-91)34-30-32-40-108-88-66-48(4)44-82(16,102)76(118-80-68(94)60(90(23)24)42-50(6)110-80)54(10)70(116-64-46-84(18,106-26)74(98)58(14)112-64)56(12)78(100)114-62(28-2)86(20,104)72(96)52(66)8/h29-32,47-64,67-76,79-80,93-98,101-104H,27-28,33-46H2,1-26H3/b31-29+,32-30+,87-65+,88-66+/t47-,48+,49-,50+,51-,52+,53-,54-,55+,56+,57+,58-,59+,60-,61+,62-,63?,64?,67-,68+,69-,70-,71-,72+,73+,74-,75-,76+,79?,80?,81-,82+,83-,84+,85-,86+/m0/s1. The van der Waals surface area contributed by atoms with Crippen LogP contribution in [0, 0.1) is 47.3 Å². The van der Waals surface area contributed by atoms with E-state index in [1.54, 1.807) is 96.9 Å². The third-order valence-corrected chi connectivity index (χ3v) is 26.9. The van der Waals surface area contributed by atoms with Gasteiger partial charge in [-0.05, 0) is 162 Å². The van der Waals surface area contributed by atoms with Crippen LogP contribution < -0.4 is 0 Å². The molecule has 7 aliphatic rings. The number of aliphatic hydroxyl groups is 10. The maximum absolute atomic E-state index is 14.7. The van der Waals surface area contributed by atoms with Crippen LogP contribution in [-0.2, 0) is 76.1 Å². The van der Waals surface area contributed by atoms with Gasteiger partial charge in [0.2, 0.25) is 0 Å².